The van der Waals surface area contributed by atoms with E-state index in [-0.39, 0.29) is 12.7 Å². The first-order chi connectivity index (χ1) is 15.3. The summed E-state index contributed by atoms with van der Waals surface area (Å²) in [6.07, 6.45) is 2.27. The number of rotatable bonds is 9. The van der Waals surface area contributed by atoms with Gasteiger partial charge in [0.05, 0.1) is 6.10 Å². The average Bonchev–Trinajstić information content (AvgIpc) is 3.21. The Balaban J connectivity index is 1.51. The topological polar surface area (TPSA) is 110 Å². The van der Waals surface area contributed by atoms with Crippen molar-refractivity contribution >= 4 is 23.5 Å². The molecule has 1 aromatic carbocycles. The van der Waals surface area contributed by atoms with Crippen LogP contribution in [0.4, 0.5) is 0 Å². The summed E-state index contributed by atoms with van der Waals surface area (Å²) < 4.78 is 27.3. The zero-order chi connectivity index (χ0) is 23.1. The normalized spacial score (nSPS) is 21.2. The van der Waals surface area contributed by atoms with E-state index in [0.717, 1.165) is 5.56 Å². The highest BCUT2D eigenvalue weighted by atomic mass is 35.5. The third-order valence-electron chi connectivity index (χ3n) is 4.59. The molecule has 0 bridgehead atoms. The average molecular weight is 465 g/mol. The molecule has 9 nitrogen and oxygen atoms in total. The minimum Gasteiger partial charge on any atom is -0.463 e. The molecule has 2 aromatic rings. The van der Waals surface area contributed by atoms with Gasteiger partial charge in [0.1, 0.15) is 18.8 Å². The fourth-order valence-electron chi connectivity index (χ4n) is 3.03. The van der Waals surface area contributed by atoms with Crippen molar-refractivity contribution in [2.75, 3.05) is 6.61 Å². The van der Waals surface area contributed by atoms with Crippen molar-refractivity contribution in [2.24, 2.45) is 0 Å². The molecule has 0 spiro atoms. The van der Waals surface area contributed by atoms with Crippen LogP contribution in [0.25, 0.3) is 11.4 Å². The van der Waals surface area contributed by atoms with Crippen molar-refractivity contribution in [1.82, 2.24) is 10.1 Å². The Morgan fingerprint density at radius 3 is 2.59 bits per heavy atom. The summed E-state index contributed by atoms with van der Waals surface area (Å²) in [5, 5.41) is 4.63. The number of esters is 2. The zero-order valence-electron chi connectivity index (χ0n) is 18.0. The number of hydrogen-bond acceptors (Lipinski definition) is 9. The molecule has 1 aliphatic heterocycles. The Bertz CT molecular complexity index is 944. The predicted octanol–water partition coefficient (Wildman–Crippen LogP) is 3.50. The maximum absolute atomic E-state index is 11.3. The van der Waals surface area contributed by atoms with Gasteiger partial charge in [-0.25, -0.2) is 0 Å². The van der Waals surface area contributed by atoms with Crippen LogP contribution in [-0.4, -0.2) is 53.3 Å². The van der Waals surface area contributed by atoms with E-state index in [1.165, 1.54) is 13.8 Å². The van der Waals surface area contributed by atoms with E-state index in [4.69, 9.17) is 35.1 Å². The van der Waals surface area contributed by atoms with E-state index in [1.807, 2.05) is 19.1 Å². The van der Waals surface area contributed by atoms with Gasteiger partial charge in [-0.2, -0.15) is 4.98 Å². The Labute approximate surface area is 190 Å². The number of aryl methyl sites for hydroxylation is 1. The molecule has 0 amide bonds. The molecule has 32 heavy (non-hydrogen) atoms. The fraction of sp³-hybridized carbons (Fsp3) is 0.455. The minimum atomic E-state index is -0.676. The molecule has 10 heteroatoms. The lowest BCUT2D eigenvalue weighted by atomic mass is 10.1. The van der Waals surface area contributed by atoms with Crippen LogP contribution in [0, 0.1) is 0 Å². The molecule has 0 aliphatic carbocycles. The summed E-state index contributed by atoms with van der Waals surface area (Å²) >= 11 is 5.90. The lowest BCUT2D eigenvalue weighted by Crippen LogP contribution is -2.42. The van der Waals surface area contributed by atoms with Gasteiger partial charge in [0.25, 0.3) is 0 Å². The number of aromatic nitrogens is 2. The first kappa shape index (κ1) is 23.9. The van der Waals surface area contributed by atoms with Gasteiger partial charge in [-0.3, -0.25) is 9.59 Å². The Morgan fingerprint density at radius 2 is 1.91 bits per heavy atom. The van der Waals surface area contributed by atoms with E-state index in [0.29, 0.717) is 29.6 Å². The van der Waals surface area contributed by atoms with Crippen LogP contribution in [0.3, 0.4) is 0 Å². The lowest BCUT2D eigenvalue weighted by molar-refractivity contribution is -0.208. The number of carbonyl (C=O) groups is 2. The second-order valence-corrected chi connectivity index (χ2v) is 7.74. The van der Waals surface area contributed by atoms with Crippen molar-refractivity contribution in [3.05, 3.63) is 47.3 Å². The molecule has 0 radical (unpaired) electrons. The molecule has 3 rings (SSSR count). The zero-order valence-corrected chi connectivity index (χ0v) is 18.8. The summed E-state index contributed by atoms with van der Waals surface area (Å²) in [4.78, 5) is 26.8. The summed E-state index contributed by atoms with van der Waals surface area (Å²) in [5.41, 5.74) is 0.815. The Morgan fingerprint density at radius 1 is 1.16 bits per heavy atom. The smallest absolute Gasteiger partial charge is 0.303 e. The molecule has 1 aliphatic rings. The number of carbonyl (C=O) groups excluding carboxylic acids is 2. The van der Waals surface area contributed by atoms with Crippen molar-refractivity contribution in [1.29, 1.82) is 0 Å². The maximum atomic E-state index is 11.3. The molecule has 4 atom stereocenters. The minimum absolute atomic E-state index is 0.0542. The first-order valence-corrected chi connectivity index (χ1v) is 10.6. The van der Waals surface area contributed by atoms with E-state index < -0.39 is 30.4 Å². The van der Waals surface area contributed by atoms with Gasteiger partial charge < -0.3 is 23.5 Å². The molecular formula is C22H25ClN2O7. The lowest BCUT2D eigenvalue weighted by Gasteiger charge is -2.32. The number of nitrogens with zero attached hydrogens (tertiary/aromatic N) is 2. The van der Waals surface area contributed by atoms with Crippen LogP contribution in [-0.2, 0) is 35.0 Å². The molecular weight excluding hydrogens is 440 g/mol. The van der Waals surface area contributed by atoms with Crippen LogP contribution in [0.5, 0.6) is 0 Å². The highest BCUT2D eigenvalue weighted by Gasteiger charge is 2.31. The van der Waals surface area contributed by atoms with Crippen LogP contribution < -0.4 is 0 Å². The van der Waals surface area contributed by atoms with Crippen molar-refractivity contribution in [2.45, 2.75) is 58.2 Å². The highest BCUT2D eigenvalue weighted by Crippen LogP contribution is 2.21. The summed E-state index contributed by atoms with van der Waals surface area (Å²) in [6.45, 7) is 4.44. The molecule has 0 saturated carbocycles. The first-order valence-electron chi connectivity index (χ1n) is 10.2. The Kier molecular flexibility index (Phi) is 8.38. The van der Waals surface area contributed by atoms with Crippen LogP contribution in [0.15, 0.2) is 40.9 Å². The van der Waals surface area contributed by atoms with Gasteiger partial charge in [0, 0.05) is 30.9 Å². The molecule has 0 saturated heterocycles. The van der Waals surface area contributed by atoms with Gasteiger partial charge in [-0.1, -0.05) is 16.8 Å². The van der Waals surface area contributed by atoms with Crippen LogP contribution >= 0.6 is 11.6 Å². The summed E-state index contributed by atoms with van der Waals surface area (Å²) in [5.74, 6) is 0.0798. The number of benzene rings is 1. The summed E-state index contributed by atoms with van der Waals surface area (Å²) in [6, 6.07) is 7.18. The summed E-state index contributed by atoms with van der Waals surface area (Å²) in [7, 11) is 0. The number of halogens is 1. The standard InChI is InChI=1S/C22H25ClN2O7/c1-13(4-10-20-24-22(25-32-20)16-5-7-17(23)8-6-16)29-21-11-9-18(30-15(3)27)19(31-21)12-28-14(2)26/h5-9,11,13,18-19,21H,4,10,12H2,1-3H3/t13-,18-,19+,21-/m0/s1. The predicted molar refractivity (Wildman–Crippen MR) is 114 cm³/mol. The van der Waals surface area contributed by atoms with E-state index >= 15 is 0 Å². The highest BCUT2D eigenvalue weighted by molar-refractivity contribution is 6.30. The van der Waals surface area contributed by atoms with Crippen LogP contribution in [0.1, 0.15) is 33.1 Å². The van der Waals surface area contributed by atoms with E-state index in [2.05, 4.69) is 10.1 Å². The molecule has 0 N–H and O–H groups in total. The van der Waals surface area contributed by atoms with E-state index in [9.17, 15) is 9.59 Å². The quantitative estimate of drug-likeness (QED) is 0.406. The molecule has 2 heterocycles. The third-order valence-corrected chi connectivity index (χ3v) is 4.84. The number of ether oxygens (including phenoxy) is 4. The van der Waals surface area contributed by atoms with Crippen molar-refractivity contribution in [3.8, 4) is 11.4 Å². The number of hydrogen-bond donors (Lipinski definition) is 0. The van der Waals surface area contributed by atoms with Crippen molar-refractivity contribution < 1.29 is 33.1 Å². The van der Waals surface area contributed by atoms with Crippen molar-refractivity contribution in [3.63, 3.8) is 0 Å². The van der Waals surface area contributed by atoms with Crippen LogP contribution in [0.2, 0.25) is 5.02 Å². The third kappa shape index (κ3) is 7.15. The largest absolute Gasteiger partial charge is 0.463 e. The van der Waals surface area contributed by atoms with Gasteiger partial charge in [-0.15, -0.1) is 0 Å². The SMILES string of the molecule is CC(=O)OC[C@H]1O[C@H](O[C@@H](C)CCc2nc(-c3ccc(Cl)cc3)no2)C=C[C@@H]1OC(C)=O. The second-order valence-electron chi connectivity index (χ2n) is 7.31. The maximum Gasteiger partial charge on any atom is 0.303 e. The fourth-order valence-corrected chi connectivity index (χ4v) is 3.16. The van der Waals surface area contributed by atoms with Gasteiger partial charge in [0.2, 0.25) is 11.7 Å². The van der Waals surface area contributed by atoms with E-state index in [1.54, 1.807) is 24.3 Å². The molecule has 172 valence electrons. The molecule has 0 unspecified atom stereocenters. The molecule has 0 fully saturated rings. The van der Waals surface area contributed by atoms with Gasteiger partial charge >= 0.3 is 11.9 Å². The van der Waals surface area contributed by atoms with Gasteiger partial charge in [-0.05, 0) is 49.8 Å². The monoisotopic (exact) mass is 464 g/mol. The van der Waals surface area contributed by atoms with Gasteiger partial charge in [0.15, 0.2) is 6.29 Å². The molecule has 1 aromatic heterocycles. The Hall–Kier alpha value is -2.75. The second kappa shape index (κ2) is 11.2.